The molecule has 1 fully saturated rings. The van der Waals surface area contributed by atoms with Crippen molar-refractivity contribution >= 4 is 11.3 Å². The molecule has 2 atom stereocenters. The predicted molar refractivity (Wildman–Crippen MR) is 83.8 cm³/mol. The lowest BCUT2D eigenvalue weighted by Crippen LogP contribution is -2.30. The molecule has 0 spiro atoms. The Balaban J connectivity index is 1.68. The molecule has 2 unspecified atom stereocenters. The van der Waals surface area contributed by atoms with Gasteiger partial charge >= 0.3 is 0 Å². The highest BCUT2D eigenvalue weighted by atomic mass is 32.1. The second-order valence-electron chi connectivity index (χ2n) is 6.27. The van der Waals surface area contributed by atoms with Crippen LogP contribution >= 0.6 is 11.3 Å². The fourth-order valence-electron chi connectivity index (χ4n) is 3.13. The summed E-state index contributed by atoms with van der Waals surface area (Å²) in [5.74, 6) is 1.81. The Labute approximate surface area is 122 Å². The normalized spacial score (nSPS) is 24.6. The molecule has 1 heterocycles. The van der Waals surface area contributed by atoms with Crippen LogP contribution in [0.4, 0.5) is 0 Å². The van der Waals surface area contributed by atoms with Crippen molar-refractivity contribution in [2.24, 2.45) is 11.8 Å². The van der Waals surface area contributed by atoms with Crippen molar-refractivity contribution in [3.8, 4) is 0 Å². The first-order chi connectivity index (χ1) is 9.15. The Kier molecular flexibility index (Phi) is 5.83. The maximum absolute atomic E-state index is 4.53. The number of nitrogens with one attached hydrogen (secondary N) is 1. The van der Waals surface area contributed by atoms with Crippen molar-refractivity contribution in [3.63, 3.8) is 0 Å². The molecule has 2 nitrogen and oxygen atoms in total. The Hall–Kier alpha value is -0.410. The van der Waals surface area contributed by atoms with E-state index in [0.29, 0.717) is 0 Å². The van der Waals surface area contributed by atoms with E-state index in [-0.39, 0.29) is 0 Å². The molecule has 108 valence electrons. The van der Waals surface area contributed by atoms with Crippen molar-refractivity contribution < 1.29 is 0 Å². The summed E-state index contributed by atoms with van der Waals surface area (Å²) in [6, 6.07) is 0.739. The molecule has 3 heteroatoms. The van der Waals surface area contributed by atoms with Crippen molar-refractivity contribution in [1.29, 1.82) is 0 Å². The molecule has 2 rings (SSSR count). The first-order valence-corrected chi connectivity index (χ1v) is 8.67. The molecule has 0 amide bonds. The maximum Gasteiger partial charge on any atom is 0.0897 e. The van der Waals surface area contributed by atoms with Crippen LogP contribution in [0.5, 0.6) is 0 Å². The van der Waals surface area contributed by atoms with E-state index in [4.69, 9.17) is 0 Å². The van der Waals surface area contributed by atoms with Crippen LogP contribution in [0.15, 0.2) is 5.38 Å². The molecule has 1 aliphatic carbocycles. The fourth-order valence-corrected chi connectivity index (χ4v) is 3.78. The van der Waals surface area contributed by atoms with Gasteiger partial charge in [0.1, 0.15) is 0 Å². The van der Waals surface area contributed by atoms with Gasteiger partial charge in [-0.15, -0.1) is 11.3 Å². The van der Waals surface area contributed by atoms with Crippen LogP contribution in [0.2, 0.25) is 0 Å². The zero-order valence-corrected chi connectivity index (χ0v) is 13.4. The SMILES string of the molecule is Cc1nc(CCNC2CCCC(C(C)C)CC2)cs1. The van der Waals surface area contributed by atoms with Crippen LogP contribution < -0.4 is 5.32 Å². The Morgan fingerprint density at radius 2 is 2.16 bits per heavy atom. The molecule has 1 aromatic rings. The standard InChI is InChI=1S/C16H28N2S/c1-12(2)14-5-4-6-15(8-7-14)17-10-9-16-11-19-13(3)18-16/h11-12,14-15,17H,4-10H2,1-3H3. The Morgan fingerprint density at radius 3 is 2.84 bits per heavy atom. The highest BCUT2D eigenvalue weighted by Gasteiger charge is 2.20. The van der Waals surface area contributed by atoms with Gasteiger partial charge in [0, 0.05) is 24.4 Å². The molecule has 0 bridgehead atoms. The zero-order valence-electron chi connectivity index (χ0n) is 12.6. The van der Waals surface area contributed by atoms with E-state index in [2.05, 4.69) is 36.5 Å². The van der Waals surface area contributed by atoms with Gasteiger partial charge in [0.25, 0.3) is 0 Å². The van der Waals surface area contributed by atoms with E-state index in [1.165, 1.54) is 42.8 Å². The lowest BCUT2D eigenvalue weighted by Gasteiger charge is -2.19. The zero-order chi connectivity index (χ0) is 13.7. The maximum atomic E-state index is 4.53. The van der Waals surface area contributed by atoms with E-state index >= 15 is 0 Å². The largest absolute Gasteiger partial charge is 0.314 e. The second kappa shape index (κ2) is 7.39. The summed E-state index contributed by atoms with van der Waals surface area (Å²) >= 11 is 1.76. The van der Waals surface area contributed by atoms with Crippen molar-refractivity contribution in [1.82, 2.24) is 10.3 Å². The number of thiazole rings is 1. The fraction of sp³-hybridized carbons (Fsp3) is 0.812. The summed E-state index contributed by atoms with van der Waals surface area (Å²) in [7, 11) is 0. The van der Waals surface area contributed by atoms with Crippen molar-refractivity contribution in [3.05, 3.63) is 16.1 Å². The molecular weight excluding hydrogens is 252 g/mol. The lowest BCUT2D eigenvalue weighted by atomic mass is 9.89. The van der Waals surface area contributed by atoms with Gasteiger partial charge in [-0.3, -0.25) is 0 Å². The third kappa shape index (κ3) is 4.88. The Bertz CT molecular complexity index is 373. The van der Waals surface area contributed by atoms with Crippen LogP contribution in [0.1, 0.15) is 56.7 Å². The third-order valence-corrected chi connectivity index (χ3v) is 5.26. The van der Waals surface area contributed by atoms with Crippen LogP contribution in [0.25, 0.3) is 0 Å². The van der Waals surface area contributed by atoms with Crippen molar-refractivity contribution in [2.75, 3.05) is 6.54 Å². The molecule has 1 saturated carbocycles. The van der Waals surface area contributed by atoms with Gasteiger partial charge < -0.3 is 5.32 Å². The van der Waals surface area contributed by atoms with Gasteiger partial charge in [0.2, 0.25) is 0 Å². The van der Waals surface area contributed by atoms with Crippen LogP contribution in [-0.4, -0.2) is 17.6 Å². The van der Waals surface area contributed by atoms with Gasteiger partial charge in [0.15, 0.2) is 0 Å². The summed E-state index contributed by atoms with van der Waals surface area (Å²) in [6.45, 7) is 7.92. The summed E-state index contributed by atoms with van der Waals surface area (Å²) in [5.41, 5.74) is 1.25. The molecule has 0 aromatic carbocycles. The first kappa shape index (κ1) is 15.0. The van der Waals surface area contributed by atoms with E-state index < -0.39 is 0 Å². The first-order valence-electron chi connectivity index (χ1n) is 7.79. The monoisotopic (exact) mass is 280 g/mol. The summed E-state index contributed by atoms with van der Waals surface area (Å²) in [4.78, 5) is 4.53. The van der Waals surface area contributed by atoms with Crippen molar-refractivity contribution in [2.45, 2.75) is 65.3 Å². The average Bonchev–Trinajstić information content (AvgIpc) is 2.64. The summed E-state index contributed by atoms with van der Waals surface area (Å²) in [6.07, 6.45) is 8.04. The van der Waals surface area contributed by atoms with Gasteiger partial charge in [-0.05, 0) is 38.0 Å². The predicted octanol–water partition coefficient (Wildman–Crippen LogP) is 4.19. The molecule has 0 radical (unpaired) electrons. The van der Waals surface area contributed by atoms with Gasteiger partial charge in [0.05, 0.1) is 10.7 Å². The topological polar surface area (TPSA) is 24.9 Å². The Morgan fingerprint density at radius 1 is 1.32 bits per heavy atom. The molecule has 1 aliphatic rings. The molecule has 1 N–H and O–H groups in total. The second-order valence-corrected chi connectivity index (χ2v) is 7.33. The van der Waals surface area contributed by atoms with Gasteiger partial charge in [-0.25, -0.2) is 4.98 Å². The van der Waals surface area contributed by atoms with Gasteiger partial charge in [-0.1, -0.05) is 26.7 Å². The molecular formula is C16H28N2S. The molecule has 0 aliphatic heterocycles. The van der Waals surface area contributed by atoms with Crippen LogP contribution in [0.3, 0.4) is 0 Å². The number of hydrogen-bond donors (Lipinski definition) is 1. The summed E-state index contributed by atoms with van der Waals surface area (Å²) < 4.78 is 0. The highest BCUT2D eigenvalue weighted by molar-refractivity contribution is 7.09. The van der Waals surface area contributed by atoms with Crippen LogP contribution in [-0.2, 0) is 6.42 Å². The number of aryl methyl sites for hydroxylation is 1. The van der Waals surface area contributed by atoms with E-state index in [9.17, 15) is 0 Å². The quantitative estimate of drug-likeness (QED) is 0.818. The minimum atomic E-state index is 0.739. The number of aromatic nitrogens is 1. The van der Waals surface area contributed by atoms with E-state index in [0.717, 1.165) is 30.8 Å². The molecule has 0 saturated heterocycles. The van der Waals surface area contributed by atoms with Gasteiger partial charge in [-0.2, -0.15) is 0 Å². The number of rotatable bonds is 5. The average molecular weight is 280 g/mol. The number of nitrogens with zero attached hydrogens (tertiary/aromatic N) is 1. The minimum absolute atomic E-state index is 0.739. The van der Waals surface area contributed by atoms with Crippen LogP contribution in [0, 0.1) is 18.8 Å². The van der Waals surface area contributed by atoms with E-state index in [1.54, 1.807) is 11.3 Å². The lowest BCUT2D eigenvalue weighted by molar-refractivity contribution is 0.338. The molecule has 1 aromatic heterocycles. The smallest absolute Gasteiger partial charge is 0.0897 e. The summed E-state index contributed by atoms with van der Waals surface area (Å²) in [5, 5.41) is 7.12. The highest BCUT2D eigenvalue weighted by Crippen LogP contribution is 2.28. The number of hydrogen-bond acceptors (Lipinski definition) is 3. The minimum Gasteiger partial charge on any atom is -0.314 e. The molecule has 19 heavy (non-hydrogen) atoms. The third-order valence-electron chi connectivity index (χ3n) is 4.44. The van der Waals surface area contributed by atoms with E-state index in [1.807, 2.05) is 0 Å².